The number of ether oxygens (including phenoxy) is 3. The lowest BCUT2D eigenvalue weighted by molar-refractivity contribution is 0.324. The summed E-state index contributed by atoms with van der Waals surface area (Å²) in [5.41, 5.74) is 8.02. The molecular weight excluding hydrogens is 244 g/mol. The maximum absolute atomic E-state index is 5.93. The van der Waals surface area contributed by atoms with E-state index in [0.29, 0.717) is 28.6 Å². The molecule has 0 spiro atoms. The number of aromatic nitrogens is 1. The lowest BCUT2D eigenvalue weighted by atomic mass is 10.1. The van der Waals surface area contributed by atoms with Crippen LogP contribution in [0.15, 0.2) is 30.5 Å². The van der Waals surface area contributed by atoms with Crippen molar-refractivity contribution in [2.24, 2.45) is 0 Å². The van der Waals surface area contributed by atoms with Gasteiger partial charge in [0, 0.05) is 11.8 Å². The fourth-order valence-electron chi connectivity index (χ4n) is 1.88. The Labute approximate surface area is 111 Å². The number of nitrogens with zero attached hydrogens (tertiary/aromatic N) is 1. The molecule has 1 heterocycles. The van der Waals surface area contributed by atoms with Crippen molar-refractivity contribution >= 4 is 5.69 Å². The van der Waals surface area contributed by atoms with Gasteiger partial charge in [-0.3, -0.25) is 4.98 Å². The molecule has 0 aliphatic rings. The molecule has 0 fully saturated rings. The molecule has 0 aliphatic heterocycles. The minimum atomic E-state index is 0.545. The van der Waals surface area contributed by atoms with E-state index >= 15 is 0 Å². The summed E-state index contributed by atoms with van der Waals surface area (Å²) in [7, 11) is 4.71. The average Bonchev–Trinajstić information content (AvgIpc) is 2.46. The molecule has 0 radical (unpaired) electrons. The molecule has 0 amide bonds. The molecule has 0 aliphatic carbocycles. The Morgan fingerprint density at radius 1 is 1.00 bits per heavy atom. The van der Waals surface area contributed by atoms with Gasteiger partial charge in [0.1, 0.15) is 0 Å². The van der Waals surface area contributed by atoms with Crippen LogP contribution in [-0.4, -0.2) is 26.3 Å². The van der Waals surface area contributed by atoms with Crippen molar-refractivity contribution in [3.63, 3.8) is 0 Å². The van der Waals surface area contributed by atoms with Crippen LogP contribution in [0, 0.1) is 0 Å². The van der Waals surface area contributed by atoms with Gasteiger partial charge in [-0.2, -0.15) is 0 Å². The molecule has 5 heteroatoms. The Kier molecular flexibility index (Phi) is 3.75. The molecule has 5 nitrogen and oxygen atoms in total. The van der Waals surface area contributed by atoms with Gasteiger partial charge in [-0.1, -0.05) is 0 Å². The summed E-state index contributed by atoms with van der Waals surface area (Å²) in [6, 6.07) is 7.22. The van der Waals surface area contributed by atoms with Crippen LogP contribution >= 0.6 is 0 Å². The highest BCUT2D eigenvalue weighted by atomic mass is 16.5. The van der Waals surface area contributed by atoms with Crippen molar-refractivity contribution in [3.05, 3.63) is 30.5 Å². The SMILES string of the molecule is COc1cc(-c2ncccc2N)cc(OC)c1OC. The number of benzene rings is 1. The van der Waals surface area contributed by atoms with E-state index in [1.54, 1.807) is 39.7 Å². The van der Waals surface area contributed by atoms with Gasteiger partial charge in [0.2, 0.25) is 5.75 Å². The van der Waals surface area contributed by atoms with E-state index in [4.69, 9.17) is 19.9 Å². The Balaban J connectivity index is 2.63. The van der Waals surface area contributed by atoms with Crippen molar-refractivity contribution < 1.29 is 14.2 Å². The van der Waals surface area contributed by atoms with Crippen molar-refractivity contribution in [1.82, 2.24) is 4.98 Å². The average molecular weight is 260 g/mol. The van der Waals surface area contributed by atoms with Crippen LogP contribution in [0.25, 0.3) is 11.3 Å². The zero-order valence-corrected chi connectivity index (χ0v) is 11.1. The van der Waals surface area contributed by atoms with Gasteiger partial charge >= 0.3 is 0 Å². The number of hydrogen-bond acceptors (Lipinski definition) is 5. The van der Waals surface area contributed by atoms with Crippen molar-refractivity contribution in [3.8, 4) is 28.5 Å². The first-order valence-electron chi connectivity index (χ1n) is 5.72. The topological polar surface area (TPSA) is 66.6 Å². The summed E-state index contributed by atoms with van der Waals surface area (Å²) < 4.78 is 15.9. The van der Waals surface area contributed by atoms with Crippen molar-refractivity contribution in [2.75, 3.05) is 27.1 Å². The number of methoxy groups -OCH3 is 3. The second-order valence-electron chi connectivity index (χ2n) is 3.86. The third kappa shape index (κ3) is 2.40. The lowest BCUT2D eigenvalue weighted by Gasteiger charge is -2.14. The zero-order valence-electron chi connectivity index (χ0n) is 11.1. The summed E-state index contributed by atoms with van der Waals surface area (Å²) in [6.45, 7) is 0. The van der Waals surface area contributed by atoms with E-state index in [1.807, 2.05) is 12.1 Å². The number of nitrogens with two attached hydrogens (primary N) is 1. The van der Waals surface area contributed by atoms with Crippen molar-refractivity contribution in [2.45, 2.75) is 0 Å². The summed E-state index contributed by atoms with van der Waals surface area (Å²) >= 11 is 0. The van der Waals surface area contributed by atoms with Crippen LogP contribution in [0.3, 0.4) is 0 Å². The zero-order chi connectivity index (χ0) is 13.8. The summed E-state index contributed by atoms with van der Waals surface area (Å²) in [4.78, 5) is 4.28. The van der Waals surface area contributed by atoms with Crippen molar-refractivity contribution in [1.29, 1.82) is 0 Å². The minimum Gasteiger partial charge on any atom is -0.493 e. The Hall–Kier alpha value is -2.43. The number of nitrogen functional groups attached to an aromatic ring is 1. The molecular formula is C14H16N2O3. The third-order valence-electron chi connectivity index (χ3n) is 2.78. The third-order valence-corrected chi connectivity index (χ3v) is 2.78. The molecule has 0 saturated heterocycles. The number of rotatable bonds is 4. The van der Waals surface area contributed by atoms with Gasteiger partial charge in [-0.05, 0) is 24.3 Å². The molecule has 100 valence electrons. The largest absolute Gasteiger partial charge is 0.493 e. The van der Waals surface area contributed by atoms with Gasteiger partial charge in [0.05, 0.1) is 32.7 Å². The Morgan fingerprint density at radius 3 is 2.11 bits per heavy atom. The molecule has 0 saturated carbocycles. The van der Waals surface area contributed by atoms with Crippen LogP contribution in [0.4, 0.5) is 5.69 Å². The molecule has 19 heavy (non-hydrogen) atoms. The highest BCUT2D eigenvalue weighted by Crippen LogP contribution is 2.41. The van der Waals surface area contributed by atoms with E-state index in [1.165, 1.54) is 0 Å². The van der Waals surface area contributed by atoms with E-state index in [0.717, 1.165) is 5.56 Å². The van der Waals surface area contributed by atoms with Gasteiger partial charge in [-0.25, -0.2) is 0 Å². The normalized spacial score (nSPS) is 10.1. The monoisotopic (exact) mass is 260 g/mol. The predicted molar refractivity (Wildman–Crippen MR) is 73.7 cm³/mol. The molecule has 2 N–H and O–H groups in total. The summed E-state index contributed by atoms with van der Waals surface area (Å²) in [5, 5.41) is 0. The smallest absolute Gasteiger partial charge is 0.203 e. The molecule has 2 aromatic rings. The molecule has 2 rings (SSSR count). The quantitative estimate of drug-likeness (QED) is 0.914. The van der Waals surface area contributed by atoms with Crippen LogP contribution in [0.1, 0.15) is 0 Å². The van der Waals surface area contributed by atoms with E-state index in [2.05, 4.69) is 4.98 Å². The molecule has 0 atom stereocenters. The number of anilines is 1. The molecule has 0 bridgehead atoms. The van der Waals surface area contributed by atoms with Crippen LogP contribution in [0.5, 0.6) is 17.2 Å². The van der Waals surface area contributed by atoms with Crippen LogP contribution in [0.2, 0.25) is 0 Å². The first kappa shape index (κ1) is 13.0. The van der Waals surface area contributed by atoms with E-state index in [9.17, 15) is 0 Å². The van der Waals surface area contributed by atoms with Crippen LogP contribution in [-0.2, 0) is 0 Å². The van der Waals surface area contributed by atoms with Gasteiger partial charge < -0.3 is 19.9 Å². The van der Waals surface area contributed by atoms with Gasteiger partial charge in [0.25, 0.3) is 0 Å². The second-order valence-corrected chi connectivity index (χ2v) is 3.86. The maximum Gasteiger partial charge on any atom is 0.203 e. The fraction of sp³-hybridized carbons (Fsp3) is 0.214. The standard InChI is InChI=1S/C14H16N2O3/c1-17-11-7-9(8-12(18-2)14(11)19-3)13-10(15)5-4-6-16-13/h4-8H,15H2,1-3H3. The highest BCUT2D eigenvalue weighted by molar-refractivity contribution is 5.76. The fourth-order valence-corrected chi connectivity index (χ4v) is 1.88. The first-order chi connectivity index (χ1) is 9.21. The summed E-state index contributed by atoms with van der Waals surface area (Å²) in [6.07, 6.45) is 1.69. The number of hydrogen-bond donors (Lipinski definition) is 1. The van der Waals surface area contributed by atoms with Crippen LogP contribution < -0.4 is 19.9 Å². The van der Waals surface area contributed by atoms with Gasteiger partial charge in [0.15, 0.2) is 11.5 Å². The lowest BCUT2D eigenvalue weighted by Crippen LogP contribution is -1.97. The minimum absolute atomic E-state index is 0.545. The maximum atomic E-state index is 5.93. The predicted octanol–water partition coefficient (Wildman–Crippen LogP) is 2.36. The van der Waals surface area contributed by atoms with Gasteiger partial charge in [-0.15, -0.1) is 0 Å². The molecule has 0 unspecified atom stereocenters. The second kappa shape index (κ2) is 5.48. The van der Waals surface area contributed by atoms with E-state index < -0.39 is 0 Å². The molecule has 1 aromatic heterocycles. The number of pyridine rings is 1. The first-order valence-corrected chi connectivity index (χ1v) is 5.72. The Bertz CT molecular complexity index is 560. The summed E-state index contributed by atoms with van der Waals surface area (Å²) in [5.74, 6) is 1.69. The highest BCUT2D eigenvalue weighted by Gasteiger charge is 2.15. The molecule has 1 aromatic carbocycles. The Morgan fingerprint density at radius 2 is 1.63 bits per heavy atom. The van der Waals surface area contributed by atoms with E-state index in [-0.39, 0.29) is 0 Å².